The number of amides is 1. The van der Waals surface area contributed by atoms with Crippen LogP contribution in [0.15, 0.2) is 60.0 Å². The van der Waals surface area contributed by atoms with Crippen molar-refractivity contribution in [1.82, 2.24) is 4.98 Å². The number of benzene rings is 2. The molecule has 3 aromatic rings. The van der Waals surface area contributed by atoms with Crippen molar-refractivity contribution in [3.8, 4) is 28.5 Å². The number of nitrogens with one attached hydrogen (secondary N) is 1. The number of rotatable bonds is 4. The van der Waals surface area contributed by atoms with Crippen LogP contribution >= 0.6 is 11.3 Å². The van der Waals surface area contributed by atoms with E-state index < -0.39 is 0 Å². The minimum absolute atomic E-state index is 0.168. The molecule has 0 atom stereocenters. The maximum Gasteiger partial charge on any atom is 0.240 e. The number of anilines is 1. The highest BCUT2D eigenvalue weighted by Gasteiger charge is 2.08. The van der Waals surface area contributed by atoms with Gasteiger partial charge >= 0.3 is 0 Å². The van der Waals surface area contributed by atoms with Crippen LogP contribution in [0.25, 0.3) is 22.4 Å². The van der Waals surface area contributed by atoms with Crippen LogP contribution in [-0.2, 0) is 4.79 Å². The predicted molar refractivity (Wildman–Crippen MR) is 91.8 cm³/mol. The maximum atomic E-state index is 11.4. The second-order valence-corrected chi connectivity index (χ2v) is 5.73. The Hall–Kier alpha value is -2.97. The third-order valence-corrected chi connectivity index (χ3v) is 4.01. The van der Waals surface area contributed by atoms with E-state index in [0.29, 0.717) is 5.13 Å². The van der Waals surface area contributed by atoms with Crippen molar-refractivity contribution in [2.75, 3.05) is 5.32 Å². The van der Waals surface area contributed by atoms with Gasteiger partial charge in [0, 0.05) is 10.9 Å². The van der Waals surface area contributed by atoms with Gasteiger partial charge < -0.3 is 5.32 Å². The highest BCUT2D eigenvalue weighted by Crippen LogP contribution is 2.28. The third-order valence-electron chi connectivity index (χ3n) is 3.26. The van der Waals surface area contributed by atoms with E-state index in [0.717, 1.165) is 22.4 Å². The van der Waals surface area contributed by atoms with Crippen LogP contribution in [0.5, 0.6) is 0 Å². The molecule has 1 N–H and O–H groups in total. The van der Waals surface area contributed by atoms with Crippen LogP contribution in [0.3, 0.4) is 0 Å². The molecule has 0 unspecified atom stereocenters. The first kappa shape index (κ1) is 14.9. The lowest BCUT2D eigenvalue weighted by Crippen LogP contribution is -2.09. The Morgan fingerprint density at radius 1 is 1.09 bits per heavy atom. The van der Waals surface area contributed by atoms with Gasteiger partial charge in [0.25, 0.3) is 0 Å². The van der Waals surface area contributed by atoms with Crippen molar-refractivity contribution in [2.45, 2.75) is 6.42 Å². The number of carbonyl (C=O) groups excluding carboxylic acids is 1. The summed E-state index contributed by atoms with van der Waals surface area (Å²) in [5.41, 5.74) is 4.06. The van der Waals surface area contributed by atoms with E-state index in [1.807, 2.05) is 41.8 Å². The number of nitriles is 1. The third kappa shape index (κ3) is 3.62. The first-order valence-electron chi connectivity index (χ1n) is 7.04. The molecule has 5 heteroatoms. The van der Waals surface area contributed by atoms with Crippen LogP contribution in [0, 0.1) is 11.3 Å². The highest BCUT2D eigenvalue weighted by atomic mass is 32.1. The molecule has 1 aromatic heterocycles. The van der Waals surface area contributed by atoms with E-state index in [-0.39, 0.29) is 12.3 Å². The van der Waals surface area contributed by atoms with Crippen molar-refractivity contribution >= 4 is 22.4 Å². The Bertz CT molecular complexity index is 865. The lowest BCUT2D eigenvalue weighted by molar-refractivity contribution is -0.115. The Labute approximate surface area is 138 Å². The molecule has 23 heavy (non-hydrogen) atoms. The van der Waals surface area contributed by atoms with E-state index in [1.54, 1.807) is 0 Å². The van der Waals surface area contributed by atoms with Gasteiger partial charge in [0.05, 0.1) is 11.8 Å². The molecule has 0 aliphatic carbocycles. The number of carbonyl (C=O) groups is 1. The van der Waals surface area contributed by atoms with Crippen LogP contribution < -0.4 is 5.32 Å². The summed E-state index contributed by atoms with van der Waals surface area (Å²) in [5.74, 6) is -0.341. The van der Waals surface area contributed by atoms with Gasteiger partial charge in [-0.3, -0.25) is 4.79 Å². The van der Waals surface area contributed by atoms with E-state index in [2.05, 4.69) is 34.6 Å². The Morgan fingerprint density at radius 3 is 2.61 bits per heavy atom. The molecule has 0 fully saturated rings. The fourth-order valence-electron chi connectivity index (χ4n) is 2.19. The molecule has 0 spiro atoms. The van der Waals surface area contributed by atoms with Crippen LogP contribution in [0.1, 0.15) is 6.42 Å². The summed E-state index contributed by atoms with van der Waals surface area (Å²) < 4.78 is 0. The average molecular weight is 319 g/mol. The van der Waals surface area contributed by atoms with E-state index in [9.17, 15) is 4.79 Å². The monoisotopic (exact) mass is 319 g/mol. The fourth-order valence-corrected chi connectivity index (χ4v) is 2.92. The summed E-state index contributed by atoms with van der Waals surface area (Å²) in [6.07, 6.45) is -0.168. The molecule has 112 valence electrons. The van der Waals surface area contributed by atoms with Crippen LogP contribution in [0.2, 0.25) is 0 Å². The molecule has 0 bridgehead atoms. The molecular weight excluding hydrogens is 306 g/mol. The first-order chi connectivity index (χ1) is 11.3. The van der Waals surface area contributed by atoms with Gasteiger partial charge in [-0.1, -0.05) is 48.5 Å². The molecule has 0 saturated carbocycles. The number of thiazole rings is 1. The molecule has 0 saturated heterocycles. The SMILES string of the molecule is N#CCC(=O)Nc1nc(-c2cccc(-c3ccccc3)c2)cs1. The quantitative estimate of drug-likeness (QED) is 0.778. The molecule has 4 nitrogen and oxygen atoms in total. The van der Waals surface area contributed by atoms with E-state index in [1.165, 1.54) is 11.3 Å². The number of hydrogen-bond donors (Lipinski definition) is 1. The molecule has 3 rings (SSSR count). The van der Waals surface area contributed by atoms with Crippen molar-refractivity contribution in [2.24, 2.45) is 0 Å². The Balaban J connectivity index is 1.84. The molecule has 0 radical (unpaired) electrons. The Kier molecular flexibility index (Phi) is 4.46. The zero-order valence-electron chi connectivity index (χ0n) is 12.2. The topological polar surface area (TPSA) is 65.8 Å². The van der Waals surface area contributed by atoms with Gasteiger partial charge in [-0.05, 0) is 17.2 Å². The maximum absolute atomic E-state index is 11.4. The minimum Gasteiger partial charge on any atom is -0.301 e. The van der Waals surface area contributed by atoms with Crippen LogP contribution in [0.4, 0.5) is 5.13 Å². The van der Waals surface area contributed by atoms with Crippen molar-refractivity contribution in [3.63, 3.8) is 0 Å². The van der Waals surface area contributed by atoms with Crippen molar-refractivity contribution in [3.05, 3.63) is 60.0 Å². The lowest BCUT2D eigenvalue weighted by Gasteiger charge is -2.03. The Morgan fingerprint density at radius 2 is 1.83 bits per heavy atom. The number of nitrogens with zero attached hydrogens (tertiary/aromatic N) is 2. The summed E-state index contributed by atoms with van der Waals surface area (Å²) in [4.78, 5) is 15.8. The van der Waals surface area contributed by atoms with Gasteiger partial charge in [0.2, 0.25) is 5.91 Å². The smallest absolute Gasteiger partial charge is 0.240 e. The summed E-state index contributed by atoms with van der Waals surface area (Å²) >= 11 is 1.35. The second kappa shape index (κ2) is 6.86. The van der Waals surface area contributed by atoms with Crippen molar-refractivity contribution in [1.29, 1.82) is 5.26 Å². The summed E-state index contributed by atoms with van der Waals surface area (Å²) in [5, 5.41) is 13.5. The molecule has 1 heterocycles. The van der Waals surface area contributed by atoms with Gasteiger partial charge in [-0.15, -0.1) is 11.3 Å². The predicted octanol–water partition coefficient (Wildman–Crippen LogP) is 4.33. The van der Waals surface area contributed by atoms with Crippen LogP contribution in [-0.4, -0.2) is 10.9 Å². The lowest BCUT2D eigenvalue weighted by atomic mass is 10.0. The fraction of sp³-hybridized carbons (Fsp3) is 0.0556. The largest absolute Gasteiger partial charge is 0.301 e. The van der Waals surface area contributed by atoms with Crippen molar-refractivity contribution < 1.29 is 4.79 Å². The normalized spacial score (nSPS) is 10.0. The number of hydrogen-bond acceptors (Lipinski definition) is 4. The van der Waals surface area contributed by atoms with E-state index in [4.69, 9.17) is 5.26 Å². The minimum atomic E-state index is -0.341. The average Bonchev–Trinajstić information content (AvgIpc) is 3.04. The first-order valence-corrected chi connectivity index (χ1v) is 7.92. The molecule has 0 aliphatic rings. The summed E-state index contributed by atoms with van der Waals surface area (Å²) in [7, 11) is 0. The zero-order chi connectivity index (χ0) is 16.1. The summed E-state index contributed by atoms with van der Waals surface area (Å²) in [6.45, 7) is 0. The van der Waals surface area contributed by atoms with Gasteiger partial charge in [0.1, 0.15) is 6.42 Å². The molecule has 0 aliphatic heterocycles. The van der Waals surface area contributed by atoms with Gasteiger partial charge in [-0.2, -0.15) is 5.26 Å². The zero-order valence-corrected chi connectivity index (χ0v) is 13.0. The summed E-state index contributed by atoms with van der Waals surface area (Å²) in [6, 6.07) is 20.1. The van der Waals surface area contributed by atoms with E-state index >= 15 is 0 Å². The van der Waals surface area contributed by atoms with Gasteiger partial charge in [-0.25, -0.2) is 4.98 Å². The second-order valence-electron chi connectivity index (χ2n) is 4.87. The van der Waals surface area contributed by atoms with Gasteiger partial charge in [0.15, 0.2) is 5.13 Å². The molecular formula is C18H13N3OS. The standard InChI is InChI=1S/C18H13N3OS/c19-10-9-17(22)21-18-20-16(12-23-18)15-8-4-7-14(11-15)13-5-2-1-3-6-13/h1-8,11-12H,9H2,(H,20,21,22). The highest BCUT2D eigenvalue weighted by molar-refractivity contribution is 7.14. The molecule has 2 aromatic carbocycles. The number of aromatic nitrogens is 1. The molecule has 1 amide bonds.